The van der Waals surface area contributed by atoms with Gasteiger partial charge in [0.25, 0.3) is 0 Å². The van der Waals surface area contributed by atoms with Crippen LogP contribution in [0.3, 0.4) is 0 Å². The summed E-state index contributed by atoms with van der Waals surface area (Å²) in [7, 11) is 0. The number of carbonyl (C=O) groups is 1. The average Bonchev–Trinajstić information content (AvgIpc) is 2.93. The van der Waals surface area contributed by atoms with Crippen LogP contribution in [0.15, 0.2) is 23.4 Å². The average molecular weight is 400 g/mol. The Kier molecular flexibility index (Phi) is 5.76. The van der Waals surface area contributed by atoms with Crippen molar-refractivity contribution in [3.63, 3.8) is 0 Å². The molecule has 134 valence electrons. The minimum absolute atomic E-state index is 0.102. The molecule has 0 aliphatic carbocycles. The van der Waals surface area contributed by atoms with Gasteiger partial charge in [0.05, 0.1) is 10.8 Å². The number of amides is 1. The van der Waals surface area contributed by atoms with Crippen LogP contribution in [0.4, 0.5) is 0 Å². The Balaban J connectivity index is 1.68. The topological polar surface area (TPSA) is 77.0 Å². The highest BCUT2D eigenvalue weighted by Crippen LogP contribution is 2.30. The minimum atomic E-state index is 0.102. The molecule has 1 unspecified atom stereocenters. The molecule has 0 saturated carbocycles. The molecule has 9 heteroatoms. The highest BCUT2D eigenvalue weighted by atomic mass is 35.5. The number of hydrogen-bond donors (Lipinski definition) is 1. The molecule has 1 atom stereocenters. The van der Waals surface area contributed by atoms with Crippen molar-refractivity contribution in [2.24, 2.45) is 5.92 Å². The normalized spacial score (nSPS) is 17.7. The van der Waals surface area contributed by atoms with Gasteiger partial charge >= 0.3 is 0 Å². The first-order valence-corrected chi connectivity index (χ1v) is 9.76. The second-order valence-corrected chi connectivity index (χ2v) is 7.96. The van der Waals surface area contributed by atoms with Crippen LogP contribution in [0.1, 0.15) is 19.8 Å². The summed E-state index contributed by atoms with van der Waals surface area (Å²) >= 11 is 13.4. The van der Waals surface area contributed by atoms with E-state index in [-0.39, 0.29) is 11.7 Å². The molecule has 2 heterocycles. The van der Waals surface area contributed by atoms with Crippen LogP contribution in [0.5, 0.6) is 0 Å². The highest BCUT2D eigenvalue weighted by molar-refractivity contribution is 7.99. The van der Waals surface area contributed by atoms with E-state index in [2.05, 4.69) is 17.1 Å². The first-order valence-electron chi connectivity index (χ1n) is 8.02. The summed E-state index contributed by atoms with van der Waals surface area (Å²) in [4.78, 5) is 14.3. The van der Waals surface area contributed by atoms with Crippen molar-refractivity contribution >= 4 is 40.9 Å². The maximum absolute atomic E-state index is 12.4. The molecule has 1 aliphatic heterocycles. The number of thioether (sulfide) groups is 1. The molecule has 1 aliphatic rings. The zero-order valence-corrected chi connectivity index (χ0v) is 16.1. The van der Waals surface area contributed by atoms with Gasteiger partial charge in [0.2, 0.25) is 11.1 Å². The summed E-state index contributed by atoms with van der Waals surface area (Å²) < 4.78 is 1.35. The number of hydrogen-bond acceptors (Lipinski definition) is 5. The summed E-state index contributed by atoms with van der Waals surface area (Å²) in [6.45, 7) is 3.82. The number of aromatic nitrogens is 3. The van der Waals surface area contributed by atoms with Gasteiger partial charge in [-0.25, -0.2) is 4.68 Å². The smallest absolute Gasteiger partial charge is 0.233 e. The molecule has 1 aromatic carbocycles. The van der Waals surface area contributed by atoms with Gasteiger partial charge in [0.15, 0.2) is 5.82 Å². The summed E-state index contributed by atoms with van der Waals surface area (Å²) in [5, 5.41) is 9.62. The molecule has 25 heavy (non-hydrogen) atoms. The van der Waals surface area contributed by atoms with Crippen LogP contribution in [0.2, 0.25) is 10.0 Å². The van der Waals surface area contributed by atoms with Crippen molar-refractivity contribution in [2.45, 2.75) is 24.9 Å². The Morgan fingerprint density at radius 1 is 1.40 bits per heavy atom. The molecule has 2 aromatic rings. The monoisotopic (exact) mass is 399 g/mol. The lowest BCUT2D eigenvalue weighted by Gasteiger charge is -2.30. The fraction of sp³-hybridized carbons (Fsp3) is 0.438. The second-order valence-electron chi connectivity index (χ2n) is 6.18. The number of nitrogens with two attached hydrogens (primary N) is 1. The van der Waals surface area contributed by atoms with E-state index in [1.54, 1.807) is 18.2 Å². The molecule has 1 aromatic heterocycles. The van der Waals surface area contributed by atoms with Crippen molar-refractivity contribution in [3.8, 4) is 11.4 Å². The van der Waals surface area contributed by atoms with E-state index in [0.29, 0.717) is 32.5 Å². The van der Waals surface area contributed by atoms with Gasteiger partial charge < -0.3 is 10.7 Å². The predicted molar refractivity (Wildman–Crippen MR) is 101 cm³/mol. The van der Waals surface area contributed by atoms with Gasteiger partial charge in [0.1, 0.15) is 0 Å². The number of likely N-dealkylation sites (tertiary alicyclic amines) is 1. The number of piperidine rings is 1. The molecule has 0 bridgehead atoms. The number of benzene rings is 1. The SMILES string of the molecule is CC1CCCN(C(=O)CSc2nnc(-c3ccc(Cl)cc3Cl)n2N)C1. The van der Waals surface area contributed by atoms with E-state index in [1.807, 2.05) is 4.90 Å². The van der Waals surface area contributed by atoms with Gasteiger partial charge in [-0.3, -0.25) is 4.79 Å². The fourth-order valence-electron chi connectivity index (χ4n) is 2.86. The lowest BCUT2D eigenvalue weighted by atomic mass is 10.0. The largest absolute Gasteiger partial charge is 0.342 e. The third-order valence-corrected chi connectivity index (χ3v) is 5.65. The van der Waals surface area contributed by atoms with Crippen molar-refractivity contribution in [1.29, 1.82) is 0 Å². The Hall–Kier alpha value is -1.44. The van der Waals surface area contributed by atoms with Crippen LogP contribution < -0.4 is 5.84 Å². The van der Waals surface area contributed by atoms with Crippen molar-refractivity contribution in [3.05, 3.63) is 28.2 Å². The van der Waals surface area contributed by atoms with Gasteiger partial charge in [-0.15, -0.1) is 10.2 Å². The van der Waals surface area contributed by atoms with E-state index < -0.39 is 0 Å². The number of halogens is 2. The Morgan fingerprint density at radius 3 is 2.92 bits per heavy atom. The van der Waals surface area contributed by atoms with Crippen molar-refractivity contribution < 1.29 is 4.79 Å². The fourth-order valence-corrected chi connectivity index (χ4v) is 4.12. The third-order valence-electron chi connectivity index (χ3n) is 4.17. The van der Waals surface area contributed by atoms with Gasteiger partial charge in [0, 0.05) is 23.7 Å². The maximum Gasteiger partial charge on any atom is 0.233 e. The lowest BCUT2D eigenvalue weighted by molar-refractivity contribution is -0.130. The summed E-state index contributed by atoms with van der Waals surface area (Å²) in [5.41, 5.74) is 0.643. The standard InChI is InChI=1S/C16H19Cl2N5OS/c1-10-3-2-6-22(8-10)14(24)9-25-16-21-20-15(23(16)19)12-5-4-11(17)7-13(12)18/h4-5,7,10H,2-3,6,8-9,19H2,1H3. The number of nitrogen functional groups attached to an aromatic ring is 1. The molecule has 3 rings (SSSR count). The maximum atomic E-state index is 12.4. The van der Waals surface area contributed by atoms with Crippen LogP contribution in [-0.4, -0.2) is 44.5 Å². The quantitative estimate of drug-likeness (QED) is 0.630. The Labute approximate surface area is 160 Å². The van der Waals surface area contributed by atoms with E-state index in [1.165, 1.54) is 22.9 Å². The zero-order valence-electron chi connectivity index (χ0n) is 13.8. The van der Waals surface area contributed by atoms with Crippen LogP contribution in [0.25, 0.3) is 11.4 Å². The van der Waals surface area contributed by atoms with Gasteiger partial charge in [-0.05, 0) is 37.0 Å². The Bertz CT molecular complexity index is 782. The minimum Gasteiger partial charge on any atom is -0.342 e. The number of rotatable bonds is 4. The molecule has 2 N–H and O–H groups in total. The predicted octanol–water partition coefficient (Wildman–Crippen LogP) is 3.32. The van der Waals surface area contributed by atoms with Crippen LogP contribution in [0, 0.1) is 5.92 Å². The first-order chi connectivity index (χ1) is 12.0. The van der Waals surface area contributed by atoms with Crippen LogP contribution in [-0.2, 0) is 4.79 Å². The summed E-state index contributed by atoms with van der Waals surface area (Å²) in [6.07, 6.45) is 2.24. The summed E-state index contributed by atoms with van der Waals surface area (Å²) in [6, 6.07) is 5.08. The zero-order chi connectivity index (χ0) is 18.0. The second kappa shape index (κ2) is 7.85. The molecule has 1 fully saturated rings. The lowest BCUT2D eigenvalue weighted by Crippen LogP contribution is -2.40. The van der Waals surface area contributed by atoms with Crippen molar-refractivity contribution in [1.82, 2.24) is 19.8 Å². The molecule has 0 spiro atoms. The number of carbonyl (C=O) groups excluding carboxylic acids is 1. The molecule has 6 nitrogen and oxygen atoms in total. The molecule has 1 saturated heterocycles. The Morgan fingerprint density at radius 2 is 2.20 bits per heavy atom. The van der Waals surface area contributed by atoms with E-state index in [0.717, 1.165) is 19.5 Å². The molecule has 0 radical (unpaired) electrons. The molecule has 1 amide bonds. The molecular formula is C16H19Cl2N5OS. The highest BCUT2D eigenvalue weighted by Gasteiger charge is 2.22. The van der Waals surface area contributed by atoms with Crippen LogP contribution >= 0.6 is 35.0 Å². The third kappa shape index (κ3) is 4.22. The van der Waals surface area contributed by atoms with Gasteiger partial charge in [-0.2, -0.15) is 0 Å². The van der Waals surface area contributed by atoms with E-state index >= 15 is 0 Å². The van der Waals surface area contributed by atoms with Crippen molar-refractivity contribution in [2.75, 3.05) is 24.7 Å². The first kappa shape index (κ1) is 18.4. The van der Waals surface area contributed by atoms with E-state index in [4.69, 9.17) is 29.0 Å². The van der Waals surface area contributed by atoms with E-state index in [9.17, 15) is 4.79 Å². The molecular weight excluding hydrogens is 381 g/mol. The van der Waals surface area contributed by atoms with Gasteiger partial charge in [-0.1, -0.05) is 41.9 Å². The summed E-state index contributed by atoms with van der Waals surface area (Å²) in [5.74, 6) is 7.46. The number of nitrogens with zero attached hydrogens (tertiary/aromatic N) is 4.